The van der Waals surface area contributed by atoms with E-state index in [1.807, 2.05) is 4.90 Å². The smallest absolute Gasteiger partial charge is 0.295 e. The Kier molecular flexibility index (Phi) is 3.78. The lowest BCUT2D eigenvalue weighted by Gasteiger charge is -2.31. The van der Waals surface area contributed by atoms with Crippen LogP contribution < -0.4 is 4.90 Å². The summed E-state index contributed by atoms with van der Waals surface area (Å²) in [5.41, 5.74) is 0.610. The van der Waals surface area contributed by atoms with E-state index in [9.17, 15) is 19.3 Å². The second kappa shape index (κ2) is 5.34. The van der Waals surface area contributed by atoms with Crippen molar-refractivity contribution in [3.05, 3.63) is 33.6 Å². The third kappa shape index (κ3) is 2.72. The van der Waals surface area contributed by atoms with E-state index in [2.05, 4.69) is 0 Å². The number of hydrogen-bond acceptors (Lipinski definition) is 4. The molecule has 0 radical (unpaired) electrons. The van der Waals surface area contributed by atoms with Crippen LogP contribution >= 0.6 is 0 Å². The number of rotatable bonds is 3. The zero-order valence-electron chi connectivity index (χ0n) is 10.6. The van der Waals surface area contributed by atoms with Gasteiger partial charge in [-0.3, -0.25) is 10.1 Å². The first-order chi connectivity index (χ1) is 9.02. The first-order valence-corrected chi connectivity index (χ1v) is 6.17. The standard InChI is InChI=1S/C13H15FN2O3/c1-9-6-12(13(16(18)19)7-11(9)14)15-4-2-10(8-17)3-5-15/h6-8,10H,2-5H2,1H3. The van der Waals surface area contributed by atoms with Crippen molar-refractivity contribution in [2.45, 2.75) is 19.8 Å². The Hall–Kier alpha value is -1.98. The Morgan fingerprint density at radius 3 is 2.58 bits per heavy atom. The average molecular weight is 266 g/mol. The number of anilines is 1. The number of carbonyl (C=O) groups excluding carboxylic acids is 1. The average Bonchev–Trinajstić information content (AvgIpc) is 2.41. The summed E-state index contributed by atoms with van der Waals surface area (Å²) in [5.74, 6) is -0.546. The third-order valence-electron chi connectivity index (χ3n) is 3.53. The predicted octanol–water partition coefficient (Wildman–Crippen LogP) is 2.46. The zero-order chi connectivity index (χ0) is 14.0. The highest BCUT2D eigenvalue weighted by Crippen LogP contribution is 2.33. The van der Waals surface area contributed by atoms with Gasteiger partial charge in [-0.05, 0) is 31.4 Å². The van der Waals surface area contributed by atoms with Crippen LogP contribution in [0.4, 0.5) is 15.8 Å². The van der Waals surface area contributed by atoms with E-state index in [0.717, 1.165) is 12.4 Å². The van der Waals surface area contributed by atoms with Crippen molar-refractivity contribution < 1.29 is 14.1 Å². The lowest BCUT2D eigenvalue weighted by Crippen LogP contribution is -2.34. The molecular weight excluding hydrogens is 251 g/mol. The monoisotopic (exact) mass is 266 g/mol. The highest BCUT2D eigenvalue weighted by Gasteiger charge is 2.25. The maximum Gasteiger partial charge on any atom is 0.295 e. The van der Waals surface area contributed by atoms with Gasteiger partial charge in [0.05, 0.1) is 11.0 Å². The molecule has 1 aromatic carbocycles. The fraction of sp³-hybridized carbons (Fsp3) is 0.462. The lowest BCUT2D eigenvalue weighted by molar-refractivity contribution is -0.384. The van der Waals surface area contributed by atoms with Crippen LogP contribution in [0.15, 0.2) is 12.1 Å². The number of nitro benzene ring substituents is 1. The quantitative estimate of drug-likeness (QED) is 0.479. The van der Waals surface area contributed by atoms with Crippen LogP contribution in [0.5, 0.6) is 0 Å². The zero-order valence-corrected chi connectivity index (χ0v) is 10.6. The maximum atomic E-state index is 13.4. The van der Waals surface area contributed by atoms with Crippen LogP contribution in [0, 0.1) is 28.8 Å². The SMILES string of the molecule is Cc1cc(N2CCC(C=O)CC2)c([N+](=O)[O-])cc1F. The van der Waals surface area contributed by atoms with Crippen LogP contribution in [0.1, 0.15) is 18.4 Å². The van der Waals surface area contributed by atoms with Crippen LogP contribution in [0.2, 0.25) is 0 Å². The third-order valence-corrected chi connectivity index (χ3v) is 3.53. The fourth-order valence-electron chi connectivity index (χ4n) is 2.33. The number of nitrogens with zero attached hydrogens (tertiary/aromatic N) is 2. The van der Waals surface area contributed by atoms with E-state index >= 15 is 0 Å². The molecule has 1 aromatic rings. The van der Waals surface area contributed by atoms with Crippen molar-refractivity contribution in [3.8, 4) is 0 Å². The van der Waals surface area contributed by atoms with Gasteiger partial charge in [-0.15, -0.1) is 0 Å². The summed E-state index contributed by atoms with van der Waals surface area (Å²) in [4.78, 5) is 23.0. The lowest BCUT2D eigenvalue weighted by atomic mass is 9.97. The van der Waals surface area contributed by atoms with Gasteiger partial charge in [0, 0.05) is 19.0 Å². The molecule has 0 atom stereocenters. The molecule has 2 rings (SSSR count). The van der Waals surface area contributed by atoms with E-state index in [1.165, 1.54) is 6.07 Å². The highest BCUT2D eigenvalue weighted by atomic mass is 19.1. The summed E-state index contributed by atoms with van der Waals surface area (Å²) >= 11 is 0. The second-order valence-corrected chi connectivity index (χ2v) is 4.81. The molecule has 6 heteroatoms. The van der Waals surface area contributed by atoms with E-state index in [0.29, 0.717) is 37.2 Å². The number of carbonyl (C=O) groups is 1. The van der Waals surface area contributed by atoms with Crippen LogP contribution in [0.3, 0.4) is 0 Å². The number of hydrogen-bond donors (Lipinski definition) is 0. The van der Waals surface area contributed by atoms with E-state index in [-0.39, 0.29) is 11.6 Å². The molecule has 0 amide bonds. The van der Waals surface area contributed by atoms with Crippen molar-refractivity contribution in [3.63, 3.8) is 0 Å². The van der Waals surface area contributed by atoms with Gasteiger partial charge in [-0.1, -0.05) is 0 Å². The largest absolute Gasteiger partial charge is 0.366 e. The van der Waals surface area contributed by atoms with Crippen molar-refractivity contribution in [1.29, 1.82) is 0 Å². The van der Waals surface area contributed by atoms with Gasteiger partial charge in [0.25, 0.3) is 5.69 Å². The van der Waals surface area contributed by atoms with Gasteiger partial charge in [0.2, 0.25) is 0 Å². The molecule has 0 aromatic heterocycles. The van der Waals surface area contributed by atoms with Crippen molar-refractivity contribution in [2.75, 3.05) is 18.0 Å². The molecule has 1 saturated heterocycles. The van der Waals surface area contributed by atoms with Crippen molar-refractivity contribution in [2.24, 2.45) is 5.92 Å². The molecule has 1 aliphatic heterocycles. The molecule has 1 heterocycles. The minimum atomic E-state index is -0.571. The Morgan fingerprint density at radius 1 is 1.42 bits per heavy atom. The van der Waals surface area contributed by atoms with Crippen LogP contribution in [-0.2, 0) is 4.79 Å². The fourth-order valence-corrected chi connectivity index (χ4v) is 2.33. The van der Waals surface area contributed by atoms with Gasteiger partial charge in [0.1, 0.15) is 17.8 Å². The van der Waals surface area contributed by atoms with E-state index in [1.54, 1.807) is 6.92 Å². The molecule has 0 unspecified atom stereocenters. The summed E-state index contributed by atoms with van der Waals surface area (Å²) in [6.45, 7) is 2.74. The summed E-state index contributed by atoms with van der Waals surface area (Å²) < 4.78 is 13.4. The first kappa shape index (κ1) is 13.5. The summed E-state index contributed by atoms with van der Waals surface area (Å²) in [6.07, 6.45) is 2.29. The van der Waals surface area contributed by atoms with Crippen molar-refractivity contribution in [1.82, 2.24) is 0 Å². The molecule has 0 aliphatic carbocycles. The van der Waals surface area contributed by atoms with E-state index < -0.39 is 10.7 Å². The molecule has 0 saturated carbocycles. The summed E-state index contributed by atoms with van der Waals surface area (Å²) in [5, 5.41) is 11.0. The van der Waals surface area contributed by atoms with Crippen LogP contribution in [0.25, 0.3) is 0 Å². The Bertz CT molecular complexity index is 511. The number of piperidine rings is 1. The molecule has 19 heavy (non-hydrogen) atoms. The van der Waals surface area contributed by atoms with Crippen LogP contribution in [-0.4, -0.2) is 24.3 Å². The molecule has 1 aliphatic rings. The van der Waals surface area contributed by atoms with Gasteiger partial charge in [0.15, 0.2) is 0 Å². The van der Waals surface area contributed by atoms with Crippen molar-refractivity contribution >= 4 is 17.7 Å². The Labute approximate surface area is 110 Å². The molecule has 0 spiro atoms. The number of aldehydes is 1. The molecule has 0 bridgehead atoms. The molecular formula is C13H15FN2O3. The van der Waals surface area contributed by atoms with Gasteiger partial charge >= 0.3 is 0 Å². The van der Waals surface area contributed by atoms with Gasteiger partial charge in [-0.25, -0.2) is 4.39 Å². The van der Waals surface area contributed by atoms with E-state index in [4.69, 9.17) is 0 Å². The van der Waals surface area contributed by atoms with Gasteiger partial charge in [-0.2, -0.15) is 0 Å². The summed E-state index contributed by atoms with van der Waals surface area (Å²) in [6, 6.07) is 2.48. The van der Waals surface area contributed by atoms with Gasteiger partial charge < -0.3 is 9.69 Å². The first-order valence-electron chi connectivity index (χ1n) is 6.17. The topological polar surface area (TPSA) is 63.5 Å². The number of benzene rings is 1. The molecule has 0 N–H and O–H groups in total. The summed E-state index contributed by atoms with van der Waals surface area (Å²) in [7, 11) is 0. The molecule has 102 valence electrons. The number of halogens is 1. The maximum absolute atomic E-state index is 13.4. The second-order valence-electron chi connectivity index (χ2n) is 4.81. The minimum absolute atomic E-state index is 0.0249. The highest BCUT2D eigenvalue weighted by molar-refractivity contribution is 5.65. The predicted molar refractivity (Wildman–Crippen MR) is 68.8 cm³/mol. The molecule has 1 fully saturated rings. The minimum Gasteiger partial charge on any atom is -0.366 e. The molecule has 5 nitrogen and oxygen atoms in total. The Balaban J connectivity index is 2.31. The normalized spacial score (nSPS) is 16.4. The Morgan fingerprint density at radius 2 is 2.05 bits per heavy atom. The number of aryl methyl sites for hydroxylation is 1. The number of nitro groups is 1.